The van der Waals surface area contributed by atoms with Crippen LogP contribution in [0.1, 0.15) is 41.2 Å². The fourth-order valence-electron chi connectivity index (χ4n) is 3.21. The molecule has 0 radical (unpaired) electrons. The average molecular weight is 319 g/mol. The van der Waals surface area contributed by atoms with Gasteiger partial charge in [-0.05, 0) is 55.4 Å². The van der Waals surface area contributed by atoms with Crippen LogP contribution in [0.15, 0.2) is 12.1 Å². The molecule has 0 spiro atoms. The number of halogens is 1. The van der Waals surface area contributed by atoms with Gasteiger partial charge in [0.25, 0.3) is 0 Å². The number of thiol groups is 1. The summed E-state index contributed by atoms with van der Waals surface area (Å²) >= 11 is 3.81. The maximum absolute atomic E-state index is 13.3. The number of carbonyl (C=O) groups excluding carboxylic acids is 1. The summed E-state index contributed by atoms with van der Waals surface area (Å²) in [4.78, 5) is 11.3. The van der Waals surface area contributed by atoms with Crippen LogP contribution in [0.25, 0.3) is 5.69 Å². The molecule has 0 N–H and O–H groups in total. The van der Waals surface area contributed by atoms with Crippen molar-refractivity contribution < 1.29 is 9.18 Å². The van der Waals surface area contributed by atoms with Crippen molar-refractivity contribution in [2.24, 2.45) is 0 Å². The third kappa shape index (κ3) is 2.67. The second kappa shape index (κ2) is 6.20. The number of aromatic nitrogens is 3. The summed E-state index contributed by atoms with van der Waals surface area (Å²) in [5, 5.41) is 7.56. The fourth-order valence-corrected chi connectivity index (χ4v) is 3.35. The number of carbonyl (C=O) groups is 1. The number of rotatable bonds is 4. The molecule has 1 aromatic carbocycles. The first-order valence-corrected chi connectivity index (χ1v) is 7.89. The zero-order chi connectivity index (χ0) is 15.7. The molecular weight excluding hydrogens is 301 g/mol. The number of alkyl halides is 1. The molecule has 1 aromatic heterocycles. The van der Waals surface area contributed by atoms with Crippen molar-refractivity contribution in [2.45, 2.75) is 45.7 Å². The van der Waals surface area contributed by atoms with E-state index >= 15 is 0 Å². The third-order valence-electron chi connectivity index (χ3n) is 4.21. The van der Waals surface area contributed by atoms with Crippen LogP contribution in [0.5, 0.6) is 0 Å². The molecule has 1 aliphatic carbocycles. The molecule has 0 saturated carbocycles. The van der Waals surface area contributed by atoms with E-state index in [9.17, 15) is 9.18 Å². The van der Waals surface area contributed by atoms with E-state index in [-0.39, 0.29) is 17.4 Å². The Hall–Kier alpha value is -1.69. The summed E-state index contributed by atoms with van der Waals surface area (Å²) in [6, 6.07) is 4.03. The Bertz CT molecular complexity index is 726. The summed E-state index contributed by atoms with van der Waals surface area (Å²) in [5.74, 6) is 0.686. The largest absolute Gasteiger partial charge is 0.287 e. The van der Waals surface area contributed by atoms with Gasteiger partial charge in [0.15, 0.2) is 10.9 Å². The Kier molecular flexibility index (Phi) is 4.29. The molecule has 0 atom stereocenters. The van der Waals surface area contributed by atoms with Gasteiger partial charge in [0.05, 0.1) is 12.1 Å². The van der Waals surface area contributed by atoms with E-state index in [1.165, 1.54) is 23.1 Å². The highest BCUT2D eigenvalue weighted by Crippen LogP contribution is 2.31. The van der Waals surface area contributed by atoms with Gasteiger partial charge >= 0.3 is 0 Å². The standard InChI is InChI=1S/C16H18FN3OS/c1-10-6-7-13(12-5-3-2-4-11(10)12)20-14(8-16(21)22)18-19-15(20)9-17/h6-7H,2-5,8-9H2,1H3,(H,21,22). The summed E-state index contributed by atoms with van der Waals surface area (Å²) < 4.78 is 15.0. The highest BCUT2D eigenvalue weighted by Gasteiger charge is 2.21. The van der Waals surface area contributed by atoms with E-state index in [2.05, 4.69) is 29.7 Å². The first-order valence-electron chi connectivity index (χ1n) is 7.44. The van der Waals surface area contributed by atoms with E-state index in [1.54, 1.807) is 4.57 Å². The Morgan fingerprint density at radius 3 is 2.59 bits per heavy atom. The van der Waals surface area contributed by atoms with E-state index in [0.717, 1.165) is 24.9 Å². The third-order valence-corrected chi connectivity index (χ3v) is 4.37. The van der Waals surface area contributed by atoms with Crippen LogP contribution in [-0.4, -0.2) is 19.9 Å². The molecule has 4 nitrogen and oxygen atoms in total. The molecule has 2 aromatic rings. The van der Waals surface area contributed by atoms with Gasteiger partial charge in [-0.25, -0.2) is 4.39 Å². The van der Waals surface area contributed by atoms with Crippen molar-refractivity contribution in [3.8, 4) is 5.69 Å². The lowest BCUT2D eigenvalue weighted by Crippen LogP contribution is -2.14. The molecule has 0 saturated heterocycles. The Morgan fingerprint density at radius 1 is 1.23 bits per heavy atom. The molecule has 1 heterocycles. The van der Waals surface area contributed by atoms with Crippen LogP contribution in [0.3, 0.4) is 0 Å². The van der Waals surface area contributed by atoms with E-state index in [4.69, 9.17) is 0 Å². The van der Waals surface area contributed by atoms with Crippen molar-refractivity contribution in [3.05, 3.63) is 40.5 Å². The van der Waals surface area contributed by atoms with Gasteiger partial charge in [-0.1, -0.05) is 6.07 Å². The number of aryl methyl sites for hydroxylation is 1. The first kappa shape index (κ1) is 15.2. The van der Waals surface area contributed by atoms with Crippen molar-refractivity contribution >= 4 is 17.7 Å². The molecule has 0 aliphatic heterocycles. The Balaban J connectivity index is 2.19. The summed E-state index contributed by atoms with van der Waals surface area (Å²) in [5.41, 5.74) is 4.74. The van der Waals surface area contributed by atoms with Crippen molar-refractivity contribution in [1.82, 2.24) is 14.8 Å². The number of fused-ring (bicyclic) bond motifs is 1. The van der Waals surface area contributed by atoms with Crippen molar-refractivity contribution in [1.29, 1.82) is 0 Å². The average Bonchev–Trinajstić information content (AvgIpc) is 2.90. The molecule has 0 fully saturated rings. The Labute approximate surface area is 134 Å². The smallest absolute Gasteiger partial charge is 0.193 e. The number of hydrogen-bond acceptors (Lipinski definition) is 3. The lowest BCUT2D eigenvalue weighted by molar-refractivity contribution is -0.110. The first-order chi connectivity index (χ1) is 10.6. The summed E-state index contributed by atoms with van der Waals surface area (Å²) in [6.07, 6.45) is 4.35. The molecule has 116 valence electrons. The highest BCUT2D eigenvalue weighted by atomic mass is 32.1. The van der Waals surface area contributed by atoms with E-state index in [1.807, 2.05) is 12.1 Å². The topological polar surface area (TPSA) is 47.8 Å². The van der Waals surface area contributed by atoms with Crippen molar-refractivity contribution in [2.75, 3.05) is 0 Å². The van der Waals surface area contributed by atoms with Crippen LogP contribution >= 0.6 is 12.6 Å². The second-order valence-electron chi connectivity index (χ2n) is 5.64. The monoisotopic (exact) mass is 319 g/mol. The molecule has 0 bridgehead atoms. The Morgan fingerprint density at radius 2 is 1.91 bits per heavy atom. The van der Waals surface area contributed by atoms with Crippen LogP contribution in [0, 0.1) is 6.92 Å². The van der Waals surface area contributed by atoms with Crippen LogP contribution < -0.4 is 0 Å². The predicted octanol–water partition coefficient (Wildman–Crippen LogP) is 2.92. The van der Waals surface area contributed by atoms with Crippen LogP contribution in [0.4, 0.5) is 4.39 Å². The van der Waals surface area contributed by atoms with Crippen LogP contribution in [-0.2, 0) is 30.7 Å². The van der Waals surface area contributed by atoms with Crippen LogP contribution in [0.2, 0.25) is 0 Å². The molecule has 0 unspecified atom stereocenters. The normalized spacial score (nSPS) is 14.0. The molecule has 22 heavy (non-hydrogen) atoms. The number of nitrogens with zero attached hydrogens (tertiary/aromatic N) is 3. The van der Waals surface area contributed by atoms with Gasteiger partial charge in [-0.2, -0.15) is 0 Å². The molecule has 3 rings (SSSR count). The number of hydrogen-bond donors (Lipinski definition) is 1. The maximum Gasteiger partial charge on any atom is 0.193 e. The molecular formula is C16H18FN3OS. The van der Waals surface area contributed by atoms with E-state index < -0.39 is 6.67 Å². The second-order valence-corrected chi connectivity index (χ2v) is 6.14. The van der Waals surface area contributed by atoms with E-state index in [0.29, 0.717) is 5.82 Å². The predicted molar refractivity (Wildman–Crippen MR) is 85.2 cm³/mol. The number of benzene rings is 1. The SMILES string of the molecule is Cc1ccc(-n2c(CF)nnc2CC(=O)S)c2c1CCCC2. The van der Waals surface area contributed by atoms with Gasteiger partial charge in [0, 0.05) is 0 Å². The highest BCUT2D eigenvalue weighted by molar-refractivity contribution is 7.96. The minimum absolute atomic E-state index is 0.0404. The lowest BCUT2D eigenvalue weighted by Gasteiger charge is -2.23. The quantitative estimate of drug-likeness (QED) is 0.882. The van der Waals surface area contributed by atoms with Gasteiger partial charge in [-0.3, -0.25) is 9.36 Å². The fraction of sp³-hybridized carbons (Fsp3) is 0.438. The van der Waals surface area contributed by atoms with Crippen molar-refractivity contribution in [3.63, 3.8) is 0 Å². The maximum atomic E-state index is 13.3. The lowest BCUT2D eigenvalue weighted by atomic mass is 9.87. The minimum Gasteiger partial charge on any atom is -0.287 e. The van der Waals surface area contributed by atoms with Gasteiger partial charge in [0.1, 0.15) is 12.5 Å². The summed E-state index contributed by atoms with van der Waals surface area (Å²) in [6.45, 7) is 1.39. The molecule has 6 heteroatoms. The summed E-state index contributed by atoms with van der Waals surface area (Å²) in [7, 11) is 0. The zero-order valence-electron chi connectivity index (χ0n) is 12.5. The molecule has 0 amide bonds. The van der Waals surface area contributed by atoms with Gasteiger partial charge < -0.3 is 0 Å². The minimum atomic E-state index is -0.712. The van der Waals surface area contributed by atoms with Gasteiger partial charge in [-0.15, -0.1) is 22.8 Å². The molecule has 1 aliphatic rings. The van der Waals surface area contributed by atoms with Gasteiger partial charge in [0.2, 0.25) is 0 Å². The zero-order valence-corrected chi connectivity index (χ0v) is 13.4.